The number of carbonyl (C=O) groups excluding carboxylic acids is 2. The maximum atomic E-state index is 13.7. The van der Waals surface area contributed by atoms with Gasteiger partial charge in [-0.1, -0.05) is 24.3 Å². The van der Waals surface area contributed by atoms with Crippen molar-refractivity contribution in [2.45, 2.75) is 52.8 Å². The maximum Gasteiger partial charge on any atom is 0.322 e. The number of ether oxygens (including phenoxy) is 1. The summed E-state index contributed by atoms with van der Waals surface area (Å²) in [5, 5.41) is 5.01. The van der Waals surface area contributed by atoms with Crippen molar-refractivity contribution < 1.29 is 18.7 Å². The van der Waals surface area contributed by atoms with Crippen LogP contribution in [-0.2, 0) is 22.6 Å². The fourth-order valence-corrected chi connectivity index (χ4v) is 5.30. The molecule has 1 unspecified atom stereocenters. The van der Waals surface area contributed by atoms with E-state index >= 15 is 0 Å². The van der Waals surface area contributed by atoms with E-state index in [1.165, 1.54) is 12.1 Å². The molecule has 2 heterocycles. The fourth-order valence-electron chi connectivity index (χ4n) is 4.38. The van der Waals surface area contributed by atoms with Crippen molar-refractivity contribution in [3.05, 3.63) is 86.9 Å². The number of urea groups is 1. The molecule has 3 aromatic rings. The van der Waals surface area contributed by atoms with E-state index in [0.29, 0.717) is 26.2 Å². The van der Waals surface area contributed by atoms with Gasteiger partial charge in [0.2, 0.25) is 5.91 Å². The molecular weight excluding hydrogens is 489 g/mol. The Labute approximate surface area is 222 Å². The molecule has 0 bridgehead atoms. The molecule has 3 amide bonds. The Bertz CT molecular complexity index is 1220. The number of nitrogens with one attached hydrogen (secondary N) is 1. The van der Waals surface area contributed by atoms with E-state index in [1.54, 1.807) is 33.3 Å². The molecule has 1 aromatic heterocycles. The van der Waals surface area contributed by atoms with E-state index in [4.69, 9.17) is 4.74 Å². The van der Waals surface area contributed by atoms with Gasteiger partial charge in [-0.25, -0.2) is 9.18 Å². The first-order valence-electron chi connectivity index (χ1n) is 12.6. The zero-order valence-corrected chi connectivity index (χ0v) is 22.4. The van der Waals surface area contributed by atoms with Gasteiger partial charge >= 0.3 is 6.03 Å². The van der Waals surface area contributed by atoms with E-state index in [1.807, 2.05) is 50.4 Å². The topological polar surface area (TPSA) is 61.9 Å². The minimum absolute atomic E-state index is 0.0812. The van der Waals surface area contributed by atoms with Crippen LogP contribution in [0.15, 0.2) is 53.9 Å². The van der Waals surface area contributed by atoms with Gasteiger partial charge in [0.15, 0.2) is 0 Å². The molecule has 8 heteroatoms. The number of anilines is 1. The normalized spacial score (nSPS) is 15.0. The molecule has 1 aliphatic heterocycles. The summed E-state index contributed by atoms with van der Waals surface area (Å²) in [6, 6.07) is 13.6. The summed E-state index contributed by atoms with van der Waals surface area (Å²) < 4.78 is 19.3. The number of thiophene rings is 1. The Morgan fingerprint density at radius 2 is 1.81 bits per heavy atom. The molecule has 0 spiro atoms. The van der Waals surface area contributed by atoms with E-state index < -0.39 is 0 Å². The zero-order chi connectivity index (χ0) is 26.4. The van der Waals surface area contributed by atoms with Crippen molar-refractivity contribution in [2.75, 3.05) is 25.0 Å². The van der Waals surface area contributed by atoms with Crippen molar-refractivity contribution in [2.24, 2.45) is 0 Å². The lowest BCUT2D eigenvalue weighted by Gasteiger charge is -2.29. The van der Waals surface area contributed by atoms with E-state index in [0.717, 1.165) is 45.7 Å². The van der Waals surface area contributed by atoms with Gasteiger partial charge in [-0.3, -0.25) is 4.79 Å². The number of carbonyl (C=O) groups is 2. The Hall–Kier alpha value is -3.23. The molecule has 4 rings (SSSR count). The second-order valence-corrected chi connectivity index (χ2v) is 10.6. The lowest BCUT2D eigenvalue weighted by atomic mass is 10.1. The number of amides is 3. The van der Waals surface area contributed by atoms with Crippen LogP contribution in [0.2, 0.25) is 0 Å². The minimum Gasteiger partial charge on any atom is -0.376 e. The molecule has 37 heavy (non-hydrogen) atoms. The highest BCUT2D eigenvalue weighted by Crippen LogP contribution is 2.22. The Kier molecular flexibility index (Phi) is 8.95. The summed E-state index contributed by atoms with van der Waals surface area (Å²) in [7, 11) is 0. The molecule has 6 nitrogen and oxygen atoms in total. The zero-order valence-electron chi connectivity index (χ0n) is 21.6. The predicted octanol–water partition coefficient (Wildman–Crippen LogP) is 6.05. The lowest BCUT2D eigenvalue weighted by Crippen LogP contribution is -2.47. The Balaban J connectivity index is 1.54. The molecule has 0 saturated carbocycles. The van der Waals surface area contributed by atoms with Gasteiger partial charge < -0.3 is 19.9 Å². The standard InChI is InChI=1S/C29H34FN3O3S/c1-20-6-4-8-26(22(20)3)31-29(35)33(17-25-7-5-14-36-25)19-28(34)32(18-27-21(2)13-15-37-27)16-23-9-11-24(30)12-10-23/h4,6,8-13,15,25H,5,7,14,16-19H2,1-3H3,(H,31,35). The number of hydrogen-bond donors (Lipinski definition) is 1. The van der Waals surface area contributed by atoms with E-state index in [2.05, 4.69) is 5.32 Å². The smallest absolute Gasteiger partial charge is 0.322 e. The SMILES string of the molecule is Cc1ccsc1CN(Cc1ccc(F)cc1)C(=O)CN(CC1CCCO1)C(=O)Nc1cccc(C)c1C. The summed E-state index contributed by atoms with van der Waals surface area (Å²) in [6.07, 6.45) is 1.70. The highest BCUT2D eigenvalue weighted by atomic mass is 32.1. The first-order chi connectivity index (χ1) is 17.8. The lowest BCUT2D eigenvalue weighted by molar-refractivity contribution is -0.133. The van der Waals surface area contributed by atoms with Gasteiger partial charge in [0.05, 0.1) is 12.6 Å². The van der Waals surface area contributed by atoms with Crippen LogP contribution < -0.4 is 5.32 Å². The third kappa shape index (κ3) is 7.17. The summed E-state index contributed by atoms with van der Waals surface area (Å²) in [4.78, 5) is 31.5. The molecular formula is C29H34FN3O3S. The number of rotatable bonds is 9. The Morgan fingerprint density at radius 3 is 2.49 bits per heavy atom. The van der Waals surface area contributed by atoms with Gasteiger partial charge in [0.1, 0.15) is 12.4 Å². The minimum atomic E-state index is -0.327. The molecule has 0 aliphatic carbocycles. The second-order valence-electron chi connectivity index (χ2n) is 9.60. The molecule has 2 aromatic carbocycles. The van der Waals surface area contributed by atoms with E-state index in [-0.39, 0.29) is 30.4 Å². The first-order valence-corrected chi connectivity index (χ1v) is 13.5. The summed E-state index contributed by atoms with van der Waals surface area (Å²) in [5.41, 5.74) is 4.74. The van der Waals surface area contributed by atoms with Crippen LogP contribution in [0, 0.1) is 26.6 Å². The predicted molar refractivity (Wildman–Crippen MR) is 145 cm³/mol. The van der Waals surface area contributed by atoms with Crippen molar-refractivity contribution in [1.82, 2.24) is 9.80 Å². The molecule has 196 valence electrons. The van der Waals surface area contributed by atoms with Crippen LogP contribution in [0.3, 0.4) is 0 Å². The van der Waals surface area contributed by atoms with Gasteiger partial charge in [-0.15, -0.1) is 11.3 Å². The van der Waals surface area contributed by atoms with Crippen LogP contribution in [-0.4, -0.2) is 47.5 Å². The van der Waals surface area contributed by atoms with Crippen LogP contribution in [0.4, 0.5) is 14.9 Å². The average Bonchev–Trinajstić information content (AvgIpc) is 3.54. The first kappa shape index (κ1) is 26.8. The average molecular weight is 524 g/mol. The highest BCUT2D eigenvalue weighted by Gasteiger charge is 2.27. The number of hydrogen-bond acceptors (Lipinski definition) is 4. The summed E-state index contributed by atoms with van der Waals surface area (Å²) in [6.45, 7) is 7.65. The Morgan fingerprint density at radius 1 is 1.03 bits per heavy atom. The summed E-state index contributed by atoms with van der Waals surface area (Å²) >= 11 is 1.60. The molecule has 1 saturated heterocycles. The summed E-state index contributed by atoms with van der Waals surface area (Å²) in [5.74, 6) is -0.493. The van der Waals surface area contributed by atoms with Crippen LogP contribution in [0.5, 0.6) is 0 Å². The van der Waals surface area contributed by atoms with Gasteiger partial charge in [-0.05, 0) is 85.5 Å². The highest BCUT2D eigenvalue weighted by molar-refractivity contribution is 7.10. The number of benzene rings is 2. The third-order valence-electron chi connectivity index (χ3n) is 6.85. The number of nitrogens with zero attached hydrogens (tertiary/aromatic N) is 2. The van der Waals surface area contributed by atoms with Crippen molar-refractivity contribution in [3.8, 4) is 0 Å². The van der Waals surface area contributed by atoms with Gasteiger partial charge in [-0.2, -0.15) is 0 Å². The monoisotopic (exact) mass is 523 g/mol. The van der Waals surface area contributed by atoms with Crippen LogP contribution in [0.1, 0.15) is 40.0 Å². The molecule has 0 radical (unpaired) electrons. The number of aryl methyl sites for hydroxylation is 2. The number of halogens is 1. The molecule has 1 aliphatic rings. The van der Waals surface area contributed by atoms with Crippen LogP contribution >= 0.6 is 11.3 Å². The largest absolute Gasteiger partial charge is 0.376 e. The van der Waals surface area contributed by atoms with Crippen molar-refractivity contribution in [1.29, 1.82) is 0 Å². The second kappa shape index (κ2) is 12.3. The molecule has 1 fully saturated rings. The van der Waals surface area contributed by atoms with Gasteiger partial charge in [0, 0.05) is 30.3 Å². The molecule has 1 atom stereocenters. The van der Waals surface area contributed by atoms with Crippen LogP contribution in [0.25, 0.3) is 0 Å². The van der Waals surface area contributed by atoms with E-state index in [9.17, 15) is 14.0 Å². The third-order valence-corrected chi connectivity index (χ3v) is 7.86. The maximum absolute atomic E-state index is 13.7. The molecule has 1 N–H and O–H groups in total. The van der Waals surface area contributed by atoms with Crippen molar-refractivity contribution >= 4 is 29.0 Å². The fraction of sp³-hybridized carbons (Fsp3) is 0.379. The quantitative estimate of drug-likeness (QED) is 0.371. The van der Waals surface area contributed by atoms with Gasteiger partial charge in [0.25, 0.3) is 0 Å². The van der Waals surface area contributed by atoms with Crippen molar-refractivity contribution in [3.63, 3.8) is 0 Å².